The number of rotatable bonds is 6. The van der Waals surface area contributed by atoms with Crippen molar-refractivity contribution in [3.05, 3.63) is 29.8 Å². The van der Waals surface area contributed by atoms with Crippen molar-refractivity contribution in [1.29, 1.82) is 0 Å². The highest BCUT2D eigenvalue weighted by Crippen LogP contribution is 2.11. The Kier molecular flexibility index (Phi) is 5.15. The van der Waals surface area contributed by atoms with Crippen LogP contribution in [-0.2, 0) is 4.74 Å². The van der Waals surface area contributed by atoms with Gasteiger partial charge in [0, 0.05) is 13.2 Å². The Labute approximate surface area is 91.2 Å². The minimum atomic E-state index is -0.0173. The van der Waals surface area contributed by atoms with E-state index in [1.807, 2.05) is 38.1 Å². The predicted octanol–water partition coefficient (Wildman–Crippen LogP) is 1.74. The summed E-state index contributed by atoms with van der Waals surface area (Å²) in [5.74, 6) is 0.860. The van der Waals surface area contributed by atoms with Crippen LogP contribution in [0.2, 0.25) is 0 Å². The van der Waals surface area contributed by atoms with Crippen LogP contribution < -0.4 is 10.5 Å². The maximum atomic E-state index is 5.56. The van der Waals surface area contributed by atoms with Crippen LogP contribution in [0.5, 0.6) is 5.75 Å². The second-order valence-electron chi connectivity index (χ2n) is 3.44. The first-order valence-electron chi connectivity index (χ1n) is 5.27. The standard InChI is InChI=1S/C12H19NO2/c1-3-14-12(8-13)9-15-11-6-4-10(2)5-7-11/h4-7,12H,3,8-9,13H2,1-2H3. The summed E-state index contributed by atoms with van der Waals surface area (Å²) in [6.07, 6.45) is -0.0173. The third-order valence-corrected chi connectivity index (χ3v) is 2.12. The van der Waals surface area contributed by atoms with Gasteiger partial charge in [-0.15, -0.1) is 0 Å². The second-order valence-corrected chi connectivity index (χ2v) is 3.44. The van der Waals surface area contributed by atoms with Crippen molar-refractivity contribution in [3.63, 3.8) is 0 Å². The zero-order valence-corrected chi connectivity index (χ0v) is 9.40. The van der Waals surface area contributed by atoms with Gasteiger partial charge in [0.15, 0.2) is 0 Å². The van der Waals surface area contributed by atoms with Gasteiger partial charge in [-0.3, -0.25) is 0 Å². The third kappa shape index (κ3) is 4.32. The van der Waals surface area contributed by atoms with Crippen molar-refractivity contribution in [1.82, 2.24) is 0 Å². The SMILES string of the molecule is CCOC(CN)COc1ccc(C)cc1. The molecule has 0 aliphatic carbocycles. The smallest absolute Gasteiger partial charge is 0.119 e. The molecule has 0 bridgehead atoms. The van der Waals surface area contributed by atoms with Crippen LogP contribution in [-0.4, -0.2) is 25.9 Å². The Balaban J connectivity index is 2.38. The number of benzene rings is 1. The fourth-order valence-corrected chi connectivity index (χ4v) is 1.24. The van der Waals surface area contributed by atoms with Crippen LogP contribution >= 0.6 is 0 Å². The highest BCUT2D eigenvalue weighted by Gasteiger charge is 2.06. The molecular formula is C12H19NO2. The number of hydrogen-bond acceptors (Lipinski definition) is 3. The first kappa shape index (κ1) is 12.0. The highest BCUT2D eigenvalue weighted by molar-refractivity contribution is 5.26. The third-order valence-electron chi connectivity index (χ3n) is 2.12. The zero-order valence-electron chi connectivity index (χ0n) is 9.40. The topological polar surface area (TPSA) is 44.5 Å². The lowest BCUT2D eigenvalue weighted by atomic mass is 10.2. The number of nitrogens with two attached hydrogens (primary N) is 1. The number of ether oxygens (including phenoxy) is 2. The van der Waals surface area contributed by atoms with E-state index < -0.39 is 0 Å². The monoisotopic (exact) mass is 209 g/mol. The lowest BCUT2D eigenvalue weighted by molar-refractivity contribution is 0.0337. The number of hydrogen-bond donors (Lipinski definition) is 1. The molecule has 84 valence electrons. The van der Waals surface area contributed by atoms with Crippen molar-refractivity contribution in [3.8, 4) is 5.75 Å². The van der Waals surface area contributed by atoms with Gasteiger partial charge in [-0.05, 0) is 26.0 Å². The van der Waals surface area contributed by atoms with Crippen LogP contribution in [0.1, 0.15) is 12.5 Å². The summed E-state index contributed by atoms with van der Waals surface area (Å²) >= 11 is 0. The Morgan fingerprint density at radius 2 is 1.93 bits per heavy atom. The molecule has 1 aromatic rings. The fourth-order valence-electron chi connectivity index (χ4n) is 1.24. The molecule has 15 heavy (non-hydrogen) atoms. The summed E-state index contributed by atoms with van der Waals surface area (Å²) in [6, 6.07) is 7.95. The minimum absolute atomic E-state index is 0.0173. The predicted molar refractivity (Wildman–Crippen MR) is 61.1 cm³/mol. The van der Waals surface area contributed by atoms with Gasteiger partial charge in [-0.25, -0.2) is 0 Å². The maximum Gasteiger partial charge on any atom is 0.119 e. The molecular weight excluding hydrogens is 190 g/mol. The molecule has 3 nitrogen and oxygen atoms in total. The molecule has 0 saturated carbocycles. The average Bonchev–Trinajstić information content (AvgIpc) is 2.26. The lowest BCUT2D eigenvalue weighted by Gasteiger charge is -2.15. The molecule has 0 amide bonds. The molecule has 1 aromatic carbocycles. The molecule has 1 rings (SSSR count). The van der Waals surface area contributed by atoms with Gasteiger partial charge in [-0.2, -0.15) is 0 Å². The Bertz CT molecular complexity index is 271. The van der Waals surface area contributed by atoms with E-state index in [-0.39, 0.29) is 6.10 Å². The van der Waals surface area contributed by atoms with Crippen molar-refractivity contribution in [2.24, 2.45) is 5.73 Å². The largest absolute Gasteiger partial charge is 0.491 e. The summed E-state index contributed by atoms with van der Waals surface area (Å²) in [5, 5.41) is 0. The van der Waals surface area contributed by atoms with Gasteiger partial charge in [0.2, 0.25) is 0 Å². The van der Waals surface area contributed by atoms with E-state index in [2.05, 4.69) is 0 Å². The summed E-state index contributed by atoms with van der Waals surface area (Å²) < 4.78 is 10.9. The fraction of sp³-hybridized carbons (Fsp3) is 0.500. The van der Waals surface area contributed by atoms with Crippen molar-refractivity contribution < 1.29 is 9.47 Å². The molecule has 0 saturated heterocycles. The van der Waals surface area contributed by atoms with E-state index >= 15 is 0 Å². The summed E-state index contributed by atoms with van der Waals surface area (Å²) in [7, 11) is 0. The molecule has 3 heteroatoms. The van der Waals surface area contributed by atoms with Crippen LogP contribution in [0.3, 0.4) is 0 Å². The zero-order chi connectivity index (χ0) is 11.1. The summed E-state index contributed by atoms with van der Waals surface area (Å²) in [6.45, 7) is 5.66. The van der Waals surface area contributed by atoms with Crippen LogP contribution in [0.4, 0.5) is 0 Å². The van der Waals surface area contributed by atoms with Gasteiger partial charge < -0.3 is 15.2 Å². The maximum absolute atomic E-state index is 5.56. The van der Waals surface area contributed by atoms with Crippen molar-refractivity contribution in [2.45, 2.75) is 20.0 Å². The van der Waals surface area contributed by atoms with E-state index in [1.165, 1.54) is 5.56 Å². The van der Waals surface area contributed by atoms with Gasteiger partial charge in [0.05, 0.1) is 0 Å². The van der Waals surface area contributed by atoms with E-state index in [4.69, 9.17) is 15.2 Å². The van der Waals surface area contributed by atoms with Gasteiger partial charge in [-0.1, -0.05) is 17.7 Å². The summed E-state index contributed by atoms with van der Waals surface area (Å²) in [4.78, 5) is 0. The van der Waals surface area contributed by atoms with Crippen LogP contribution in [0.25, 0.3) is 0 Å². The molecule has 0 heterocycles. The molecule has 0 fully saturated rings. The van der Waals surface area contributed by atoms with Crippen molar-refractivity contribution >= 4 is 0 Å². The molecule has 2 N–H and O–H groups in total. The first-order chi connectivity index (χ1) is 7.26. The van der Waals surface area contributed by atoms with Gasteiger partial charge in [0.25, 0.3) is 0 Å². The normalized spacial score (nSPS) is 12.5. The molecule has 0 aliphatic heterocycles. The first-order valence-corrected chi connectivity index (χ1v) is 5.27. The number of aryl methyl sites for hydroxylation is 1. The minimum Gasteiger partial charge on any atom is -0.491 e. The van der Waals surface area contributed by atoms with Crippen LogP contribution in [0, 0.1) is 6.92 Å². The molecule has 0 radical (unpaired) electrons. The molecule has 0 aliphatic rings. The lowest BCUT2D eigenvalue weighted by Crippen LogP contribution is -2.30. The van der Waals surface area contributed by atoms with Crippen molar-refractivity contribution in [2.75, 3.05) is 19.8 Å². The van der Waals surface area contributed by atoms with E-state index in [0.29, 0.717) is 19.8 Å². The highest BCUT2D eigenvalue weighted by atomic mass is 16.5. The molecule has 0 aromatic heterocycles. The van der Waals surface area contributed by atoms with E-state index in [1.54, 1.807) is 0 Å². The average molecular weight is 209 g/mol. The quantitative estimate of drug-likeness (QED) is 0.776. The Morgan fingerprint density at radius 1 is 1.27 bits per heavy atom. The summed E-state index contributed by atoms with van der Waals surface area (Å²) in [5.41, 5.74) is 6.77. The van der Waals surface area contributed by atoms with E-state index in [9.17, 15) is 0 Å². The Hall–Kier alpha value is -1.06. The van der Waals surface area contributed by atoms with Gasteiger partial charge in [0.1, 0.15) is 18.5 Å². The Morgan fingerprint density at radius 3 is 2.47 bits per heavy atom. The van der Waals surface area contributed by atoms with Gasteiger partial charge >= 0.3 is 0 Å². The van der Waals surface area contributed by atoms with Crippen LogP contribution in [0.15, 0.2) is 24.3 Å². The molecule has 0 spiro atoms. The van der Waals surface area contributed by atoms with E-state index in [0.717, 1.165) is 5.75 Å². The second kappa shape index (κ2) is 6.43. The molecule has 1 atom stereocenters. The molecule has 1 unspecified atom stereocenters.